The van der Waals surface area contributed by atoms with Crippen molar-refractivity contribution in [2.45, 2.75) is 6.18 Å². The van der Waals surface area contributed by atoms with Gasteiger partial charge in [-0.2, -0.15) is 13.2 Å². The summed E-state index contributed by atoms with van der Waals surface area (Å²) in [6.07, 6.45) is -3.42. The van der Waals surface area contributed by atoms with Gasteiger partial charge in [-0.05, 0) is 35.4 Å². The van der Waals surface area contributed by atoms with E-state index in [2.05, 4.69) is 0 Å². The number of hydrogen-bond acceptors (Lipinski definition) is 0. The van der Waals surface area contributed by atoms with Crippen molar-refractivity contribution >= 4 is 34.9 Å². The van der Waals surface area contributed by atoms with Gasteiger partial charge in [0, 0.05) is 10.0 Å². The number of allylic oxidation sites excluding steroid dienone is 1. The lowest BCUT2D eigenvalue weighted by Gasteiger charge is -2.13. The van der Waals surface area contributed by atoms with Crippen LogP contribution in [-0.4, -0.2) is 6.18 Å². The lowest BCUT2D eigenvalue weighted by molar-refractivity contribution is -0.0683. The molecule has 0 atom stereocenters. The third-order valence-electron chi connectivity index (χ3n) is 2.59. The normalized spacial score (nSPS) is 12.6. The molecule has 104 valence electrons. The molecule has 0 unspecified atom stereocenters. The molecule has 0 saturated carbocycles. The molecular formula is C15H9Cl2F3. The zero-order valence-corrected chi connectivity index (χ0v) is 11.6. The standard InChI is InChI=1S/C15H9Cl2F3/c16-12-7-11(8-13(17)9-12)14(15(18,19)20)6-10-4-2-1-3-5-10/h1-9H. The molecular weight excluding hydrogens is 308 g/mol. The van der Waals surface area contributed by atoms with Gasteiger partial charge in [-0.25, -0.2) is 0 Å². The molecule has 0 aromatic heterocycles. The lowest BCUT2D eigenvalue weighted by Crippen LogP contribution is -2.10. The average Bonchev–Trinajstić information content (AvgIpc) is 2.34. The first-order valence-electron chi connectivity index (χ1n) is 5.66. The Morgan fingerprint density at radius 2 is 1.45 bits per heavy atom. The molecule has 2 aromatic carbocycles. The zero-order valence-electron chi connectivity index (χ0n) is 10.1. The Morgan fingerprint density at radius 3 is 1.95 bits per heavy atom. The van der Waals surface area contributed by atoms with Crippen molar-refractivity contribution in [2.24, 2.45) is 0 Å². The molecule has 0 N–H and O–H groups in total. The molecule has 0 heterocycles. The summed E-state index contributed by atoms with van der Waals surface area (Å²) in [6, 6.07) is 12.2. The van der Waals surface area contributed by atoms with E-state index < -0.39 is 11.7 Å². The maximum Gasteiger partial charge on any atom is 0.417 e. The fourth-order valence-electron chi connectivity index (χ4n) is 1.75. The predicted octanol–water partition coefficient (Wildman–Crippen LogP) is 6.10. The molecule has 20 heavy (non-hydrogen) atoms. The summed E-state index contributed by atoms with van der Waals surface area (Å²) in [5, 5.41) is 0.325. The molecule has 0 bridgehead atoms. The highest BCUT2D eigenvalue weighted by Gasteiger charge is 2.34. The van der Waals surface area contributed by atoms with E-state index in [9.17, 15) is 13.2 Å². The summed E-state index contributed by atoms with van der Waals surface area (Å²) in [7, 11) is 0. The molecule has 2 rings (SSSR count). The first-order chi connectivity index (χ1) is 9.36. The Kier molecular flexibility index (Phi) is 4.41. The van der Waals surface area contributed by atoms with Gasteiger partial charge in [-0.3, -0.25) is 0 Å². The van der Waals surface area contributed by atoms with Gasteiger partial charge in [0.15, 0.2) is 0 Å². The molecule has 0 radical (unpaired) electrons. The van der Waals surface area contributed by atoms with Crippen LogP contribution >= 0.6 is 23.2 Å². The Morgan fingerprint density at radius 1 is 0.900 bits per heavy atom. The summed E-state index contributed by atoms with van der Waals surface area (Å²) in [4.78, 5) is 0. The van der Waals surface area contributed by atoms with Crippen molar-refractivity contribution in [2.75, 3.05) is 0 Å². The van der Waals surface area contributed by atoms with Crippen LogP contribution in [0.5, 0.6) is 0 Å². The molecule has 5 heteroatoms. The van der Waals surface area contributed by atoms with Crippen molar-refractivity contribution in [3.8, 4) is 0 Å². The van der Waals surface area contributed by atoms with Crippen LogP contribution in [0, 0.1) is 0 Å². The minimum absolute atomic E-state index is 0.0566. The molecule has 0 nitrogen and oxygen atoms in total. The first kappa shape index (κ1) is 14.9. The fraction of sp³-hybridized carbons (Fsp3) is 0.0667. The Bertz CT molecular complexity index is 611. The van der Waals surface area contributed by atoms with Crippen molar-refractivity contribution in [1.29, 1.82) is 0 Å². The maximum atomic E-state index is 13.2. The monoisotopic (exact) mass is 316 g/mol. The zero-order chi connectivity index (χ0) is 14.8. The van der Waals surface area contributed by atoms with Gasteiger partial charge in [0.25, 0.3) is 0 Å². The molecule has 0 aliphatic carbocycles. The minimum Gasteiger partial charge on any atom is -0.166 e. The van der Waals surface area contributed by atoms with E-state index in [0.717, 1.165) is 6.08 Å². The summed E-state index contributed by atoms with van der Waals surface area (Å²) in [5.74, 6) is 0. The second-order valence-electron chi connectivity index (χ2n) is 4.12. The number of benzene rings is 2. The van der Waals surface area contributed by atoms with E-state index in [1.165, 1.54) is 18.2 Å². The van der Waals surface area contributed by atoms with Crippen molar-refractivity contribution in [3.05, 3.63) is 69.7 Å². The molecule has 0 spiro atoms. The summed E-state index contributed by atoms with van der Waals surface area (Å²) < 4.78 is 39.6. The fourth-order valence-corrected chi connectivity index (χ4v) is 2.28. The number of hydrogen-bond donors (Lipinski definition) is 0. The number of rotatable bonds is 2. The van der Waals surface area contributed by atoms with Gasteiger partial charge in [0.05, 0.1) is 5.57 Å². The average molecular weight is 317 g/mol. The van der Waals surface area contributed by atoms with Crippen LogP contribution in [-0.2, 0) is 0 Å². The van der Waals surface area contributed by atoms with Gasteiger partial charge in [-0.15, -0.1) is 0 Å². The van der Waals surface area contributed by atoms with Gasteiger partial charge < -0.3 is 0 Å². The van der Waals surface area contributed by atoms with E-state index in [1.807, 2.05) is 0 Å². The highest BCUT2D eigenvalue weighted by atomic mass is 35.5. The molecule has 2 aromatic rings. The van der Waals surface area contributed by atoms with E-state index in [0.29, 0.717) is 5.56 Å². The lowest BCUT2D eigenvalue weighted by atomic mass is 10.0. The Balaban J connectivity index is 2.57. The maximum absolute atomic E-state index is 13.2. The SMILES string of the molecule is FC(F)(F)C(=Cc1ccccc1)c1cc(Cl)cc(Cl)c1. The first-order valence-corrected chi connectivity index (χ1v) is 6.42. The highest BCUT2D eigenvalue weighted by molar-refractivity contribution is 6.34. The van der Waals surface area contributed by atoms with Gasteiger partial charge >= 0.3 is 6.18 Å². The van der Waals surface area contributed by atoms with Crippen LogP contribution in [0.25, 0.3) is 11.6 Å². The van der Waals surface area contributed by atoms with E-state index >= 15 is 0 Å². The molecule has 0 aliphatic rings. The van der Waals surface area contributed by atoms with E-state index in [4.69, 9.17) is 23.2 Å². The number of alkyl halides is 3. The summed E-state index contributed by atoms with van der Waals surface area (Å²) in [6.45, 7) is 0. The van der Waals surface area contributed by atoms with Crippen LogP contribution < -0.4 is 0 Å². The minimum atomic E-state index is -4.50. The van der Waals surface area contributed by atoms with Gasteiger partial charge in [-0.1, -0.05) is 53.5 Å². The third-order valence-corrected chi connectivity index (χ3v) is 3.03. The third kappa shape index (κ3) is 3.78. The predicted molar refractivity (Wildman–Crippen MR) is 76.8 cm³/mol. The van der Waals surface area contributed by atoms with Crippen LogP contribution in [0.1, 0.15) is 11.1 Å². The second kappa shape index (κ2) is 5.90. The van der Waals surface area contributed by atoms with Crippen molar-refractivity contribution < 1.29 is 13.2 Å². The van der Waals surface area contributed by atoms with Crippen LogP contribution in [0.2, 0.25) is 10.0 Å². The molecule has 0 saturated heterocycles. The Labute approximate surface area is 124 Å². The summed E-state index contributed by atoms with van der Waals surface area (Å²) in [5.41, 5.74) is -0.386. The van der Waals surface area contributed by atoms with E-state index in [-0.39, 0.29) is 15.6 Å². The van der Waals surface area contributed by atoms with Crippen LogP contribution in [0.15, 0.2) is 48.5 Å². The topological polar surface area (TPSA) is 0 Å². The number of halogens is 5. The van der Waals surface area contributed by atoms with Crippen LogP contribution in [0.4, 0.5) is 13.2 Å². The van der Waals surface area contributed by atoms with Gasteiger partial charge in [0.1, 0.15) is 0 Å². The van der Waals surface area contributed by atoms with Crippen LogP contribution in [0.3, 0.4) is 0 Å². The second-order valence-corrected chi connectivity index (χ2v) is 5.00. The van der Waals surface area contributed by atoms with Crippen molar-refractivity contribution in [3.63, 3.8) is 0 Å². The molecule has 0 amide bonds. The largest absolute Gasteiger partial charge is 0.417 e. The van der Waals surface area contributed by atoms with Gasteiger partial charge in [0.2, 0.25) is 0 Å². The smallest absolute Gasteiger partial charge is 0.166 e. The van der Waals surface area contributed by atoms with E-state index in [1.54, 1.807) is 30.3 Å². The molecule has 0 aliphatic heterocycles. The quantitative estimate of drug-likeness (QED) is 0.587. The van der Waals surface area contributed by atoms with Crippen molar-refractivity contribution in [1.82, 2.24) is 0 Å². The molecule has 0 fully saturated rings. The summed E-state index contributed by atoms with van der Waals surface area (Å²) >= 11 is 11.5. The highest BCUT2D eigenvalue weighted by Crippen LogP contribution is 2.37. The Hall–Kier alpha value is -1.45.